The van der Waals surface area contributed by atoms with Gasteiger partial charge in [0.05, 0.1) is 23.6 Å². The molecule has 0 radical (unpaired) electrons. The molecular weight excluding hydrogens is 472 g/mol. The molecule has 10 heteroatoms. The largest absolute Gasteiger partial charge is 0.506 e. The van der Waals surface area contributed by atoms with Crippen LogP contribution < -0.4 is 14.8 Å². The summed E-state index contributed by atoms with van der Waals surface area (Å²) in [6.45, 7) is 2.89. The van der Waals surface area contributed by atoms with Gasteiger partial charge in [0.2, 0.25) is 10.0 Å². The minimum Gasteiger partial charge on any atom is -0.506 e. The van der Waals surface area contributed by atoms with Crippen molar-refractivity contribution in [3.05, 3.63) is 77.4 Å². The molecule has 1 atom stereocenters. The number of carboxylic acid groups (broad SMARTS) is 1. The fourth-order valence-electron chi connectivity index (χ4n) is 3.49. The Bertz CT molecular complexity index is 1290. The molecule has 3 rings (SSSR count). The van der Waals surface area contributed by atoms with E-state index in [1.54, 1.807) is 18.2 Å². The van der Waals surface area contributed by atoms with Gasteiger partial charge in [-0.05, 0) is 65.6 Å². The van der Waals surface area contributed by atoms with Gasteiger partial charge in [0.25, 0.3) is 0 Å². The van der Waals surface area contributed by atoms with Gasteiger partial charge < -0.3 is 25.4 Å². The van der Waals surface area contributed by atoms with E-state index in [2.05, 4.69) is 10.0 Å². The van der Waals surface area contributed by atoms with Gasteiger partial charge in [-0.15, -0.1) is 0 Å². The summed E-state index contributed by atoms with van der Waals surface area (Å²) in [6.07, 6.45) is 0.0650. The summed E-state index contributed by atoms with van der Waals surface area (Å²) in [4.78, 5) is 11.1. The van der Waals surface area contributed by atoms with E-state index in [0.717, 1.165) is 22.9 Å². The molecule has 0 spiro atoms. The molecule has 3 aromatic carbocycles. The molecule has 0 heterocycles. The molecule has 0 fully saturated rings. The van der Waals surface area contributed by atoms with E-state index in [1.165, 1.54) is 18.2 Å². The first-order valence-corrected chi connectivity index (χ1v) is 12.7. The highest BCUT2D eigenvalue weighted by Crippen LogP contribution is 2.28. The molecule has 35 heavy (non-hydrogen) atoms. The first kappa shape index (κ1) is 26.0. The van der Waals surface area contributed by atoms with Crippen molar-refractivity contribution < 1.29 is 33.3 Å². The molecule has 0 aromatic heterocycles. The summed E-state index contributed by atoms with van der Waals surface area (Å²) in [7, 11) is -3.56. The van der Waals surface area contributed by atoms with Crippen molar-refractivity contribution >= 4 is 21.7 Å². The average molecular weight is 501 g/mol. The van der Waals surface area contributed by atoms with Crippen LogP contribution in [-0.4, -0.2) is 55.7 Å². The second-order valence-electron chi connectivity index (χ2n) is 8.08. The number of hydrogen-bond acceptors (Lipinski definition) is 7. The fourth-order valence-corrected chi connectivity index (χ4v) is 4.05. The van der Waals surface area contributed by atoms with Gasteiger partial charge in [-0.1, -0.05) is 24.3 Å². The zero-order valence-electron chi connectivity index (χ0n) is 19.4. The van der Waals surface area contributed by atoms with Gasteiger partial charge in [-0.3, -0.25) is 4.72 Å². The van der Waals surface area contributed by atoms with Crippen LogP contribution in [-0.2, 0) is 10.0 Å². The highest BCUT2D eigenvalue weighted by atomic mass is 32.2. The Morgan fingerprint density at radius 2 is 1.77 bits per heavy atom. The van der Waals surface area contributed by atoms with Gasteiger partial charge in [-0.25, -0.2) is 13.2 Å². The molecule has 0 amide bonds. The number of carbonyl (C=O) groups is 1. The number of ether oxygens (including phenoxy) is 1. The first-order valence-electron chi connectivity index (χ1n) is 10.8. The summed E-state index contributed by atoms with van der Waals surface area (Å²) >= 11 is 0. The van der Waals surface area contributed by atoms with Crippen molar-refractivity contribution in [1.29, 1.82) is 0 Å². The predicted molar refractivity (Wildman–Crippen MR) is 133 cm³/mol. The number of rotatable bonds is 11. The van der Waals surface area contributed by atoms with Crippen LogP contribution in [0.3, 0.4) is 0 Å². The number of hydrogen-bond donors (Lipinski definition) is 5. The molecular formula is C25H28N2O7S. The van der Waals surface area contributed by atoms with E-state index in [4.69, 9.17) is 9.84 Å². The third-order valence-corrected chi connectivity index (χ3v) is 5.82. The van der Waals surface area contributed by atoms with E-state index in [-0.39, 0.29) is 23.5 Å². The van der Waals surface area contributed by atoms with Crippen molar-refractivity contribution in [2.75, 3.05) is 30.7 Å². The second-order valence-corrected chi connectivity index (χ2v) is 9.83. The normalized spacial score (nSPS) is 12.2. The van der Waals surface area contributed by atoms with Crippen LogP contribution in [0.5, 0.6) is 11.5 Å². The number of aliphatic hydroxyl groups excluding tert-OH is 1. The van der Waals surface area contributed by atoms with Crippen LogP contribution in [0.2, 0.25) is 0 Å². The number of phenolic OH excluding ortho intramolecular Hbond substituents is 1. The van der Waals surface area contributed by atoms with Crippen LogP contribution in [0.1, 0.15) is 27.6 Å². The van der Waals surface area contributed by atoms with Crippen molar-refractivity contribution in [1.82, 2.24) is 5.32 Å². The molecule has 9 nitrogen and oxygen atoms in total. The van der Waals surface area contributed by atoms with E-state index >= 15 is 0 Å². The molecule has 0 saturated carbocycles. The SMILES string of the molecule is Cc1cc(C(=O)O)ccc1-c1ccc(OCCNC[C@@H](O)c2ccc(O)c(NS(C)(=O)=O)c2)cc1. The summed E-state index contributed by atoms with van der Waals surface area (Å²) < 4.78 is 30.7. The van der Waals surface area contributed by atoms with Crippen molar-refractivity contribution in [2.45, 2.75) is 13.0 Å². The summed E-state index contributed by atoms with van der Waals surface area (Å²) in [5.41, 5.74) is 3.47. The van der Waals surface area contributed by atoms with E-state index in [9.17, 15) is 23.4 Å². The Labute approximate surface area is 204 Å². The molecule has 0 aliphatic heterocycles. The second kappa shape index (κ2) is 11.2. The minimum absolute atomic E-state index is 0.00357. The van der Waals surface area contributed by atoms with Gasteiger partial charge in [-0.2, -0.15) is 0 Å². The van der Waals surface area contributed by atoms with Crippen LogP contribution >= 0.6 is 0 Å². The Hall–Kier alpha value is -3.60. The lowest BCUT2D eigenvalue weighted by Crippen LogP contribution is -2.26. The number of aliphatic hydroxyl groups is 1. The van der Waals surface area contributed by atoms with Gasteiger partial charge in [0, 0.05) is 13.1 Å². The molecule has 5 N–H and O–H groups in total. The number of benzene rings is 3. The molecule has 0 saturated heterocycles. The number of anilines is 1. The van der Waals surface area contributed by atoms with E-state index in [0.29, 0.717) is 24.5 Å². The number of aromatic hydroxyl groups is 1. The highest BCUT2D eigenvalue weighted by molar-refractivity contribution is 7.92. The summed E-state index contributed by atoms with van der Waals surface area (Å²) in [6, 6.07) is 16.7. The van der Waals surface area contributed by atoms with Crippen molar-refractivity contribution in [3.63, 3.8) is 0 Å². The van der Waals surface area contributed by atoms with Gasteiger partial charge in [0.15, 0.2) is 0 Å². The molecule has 186 valence electrons. The smallest absolute Gasteiger partial charge is 0.335 e. The predicted octanol–water partition coefficient (Wildman–Crippen LogP) is 3.14. The topological polar surface area (TPSA) is 145 Å². The molecule has 0 unspecified atom stereocenters. The Morgan fingerprint density at radius 3 is 2.40 bits per heavy atom. The van der Waals surface area contributed by atoms with Crippen molar-refractivity contribution in [3.8, 4) is 22.6 Å². The van der Waals surface area contributed by atoms with Crippen LogP contribution in [0.15, 0.2) is 60.7 Å². The maximum absolute atomic E-state index is 11.4. The number of phenols is 1. The Kier molecular flexibility index (Phi) is 8.34. The number of aromatic carboxylic acids is 1. The first-order chi connectivity index (χ1) is 16.5. The third kappa shape index (κ3) is 7.44. The maximum Gasteiger partial charge on any atom is 0.335 e. The maximum atomic E-state index is 11.4. The van der Waals surface area contributed by atoms with E-state index in [1.807, 2.05) is 31.2 Å². The van der Waals surface area contributed by atoms with Crippen LogP contribution in [0, 0.1) is 6.92 Å². The highest BCUT2D eigenvalue weighted by Gasteiger charge is 2.13. The molecule has 0 aliphatic carbocycles. The third-order valence-electron chi connectivity index (χ3n) is 5.22. The van der Waals surface area contributed by atoms with Gasteiger partial charge >= 0.3 is 5.97 Å². The number of carboxylic acids is 1. The fraction of sp³-hybridized carbons (Fsp3) is 0.240. The monoisotopic (exact) mass is 500 g/mol. The zero-order valence-corrected chi connectivity index (χ0v) is 20.2. The molecule has 3 aromatic rings. The number of nitrogens with one attached hydrogen (secondary N) is 2. The lowest BCUT2D eigenvalue weighted by Gasteiger charge is -2.15. The lowest BCUT2D eigenvalue weighted by atomic mass is 9.98. The lowest BCUT2D eigenvalue weighted by molar-refractivity contribution is 0.0696. The summed E-state index contributed by atoms with van der Waals surface area (Å²) in [5.74, 6) is -0.515. The summed E-state index contributed by atoms with van der Waals surface area (Å²) in [5, 5.41) is 32.3. The van der Waals surface area contributed by atoms with E-state index < -0.39 is 22.1 Å². The Morgan fingerprint density at radius 1 is 1.06 bits per heavy atom. The van der Waals surface area contributed by atoms with Gasteiger partial charge in [0.1, 0.15) is 18.1 Å². The van der Waals surface area contributed by atoms with Crippen molar-refractivity contribution in [2.24, 2.45) is 0 Å². The minimum atomic E-state index is -3.56. The quantitative estimate of drug-likeness (QED) is 0.199. The average Bonchev–Trinajstić information content (AvgIpc) is 2.79. The van der Waals surface area contributed by atoms with Crippen LogP contribution in [0.25, 0.3) is 11.1 Å². The standard InChI is InChI=1S/C25H28N2O7S/c1-16-13-19(25(30)31)5-9-21(16)17-3-7-20(8-4-17)34-12-11-26-15-24(29)18-6-10-23(28)22(14-18)27-35(2,32)33/h3-10,13-14,24,26-29H,11-12,15H2,1-2H3,(H,30,31)/t24-/m1/s1. The molecule has 0 bridgehead atoms. The Balaban J connectivity index is 1.48. The number of aryl methyl sites for hydroxylation is 1. The molecule has 0 aliphatic rings. The number of sulfonamides is 1. The van der Waals surface area contributed by atoms with Crippen LogP contribution in [0.4, 0.5) is 5.69 Å². The zero-order chi connectivity index (χ0) is 25.6.